The zero-order valence-corrected chi connectivity index (χ0v) is 9.31. The second-order valence-electron chi connectivity index (χ2n) is 3.95. The van der Waals surface area contributed by atoms with Gasteiger partial charge in [0.05, 0.1) is 6.20 Å². The molecule has 2 aromatic heterocycles. The molecule has 1 aliphatic rings. The van der Waals surface area contributed by atoms with Crippen molar-refractivity contribution in [1.82, 2.24) is 19.5 Å². The van der Waals surface area contributed by atoms with Gasteiger partial charge in [0.1, 0.15) is 30.4 Å². The maximum absolute atomic E-state index is 12.5. The normalized spacial score (nSPS) is 26.7. The van der Waals surface area contributed by atoms with E-state index < -0.39 is 30.3 Å². The quantitative estimate of drug-likeness (QED) is 0.768. The van der Waals surface area contributed by atoms with E-state index in [0.717, 1.165) is 0 Å². The van der Waals surface area contributed by atoms with Gasteiger partial charge < -0.3 is 14.9 Å². The molecule has 0 unspecified atom stereocenters. The smallest absolute Gasteiger partial charge is 0.310 e. The van der Waals surface area contributed by atoms with Crippen LogP contribution in [0, 0.1) is 0 Å². The van der Waals surface area contributed by atoms with Crippen LogP contribution in [0.15, 0.2) is 30.7 Å². The maximum atomic E-state index is 12.5. The van der Waals surface area contributed by atoms with Crippen molar-refractivity contribution in [1.29, 1.82) is 0 Å². The lowest BCUT2D eigenvalue weighted by Gasteiger charge is -2.15. The number of aliphatic hydroxyl groups excluding tert-OH is 2. The number of halogens is 2. The van der Waals surface area contributed by atoms with Crippen molar-refractivity contribution in [2.45, 2.75) is 18.4 Å². The number of aromatic nitrogens is 4. The van der Waals surface area contributed by atoms with Gasteiger partial charge in [-0.05, 0) is 0 Å². The number of rotatable bonds is 1. The van der Waals surface area contributed by atoms with E-state index in [2.05, 4.69) is 15.0 Å². The Bertz CT molecular complexity index is 655. The minimum Gasteiger partial charge on any atom is -0.463 e. The van der Waals surface area contributed by atoms with E-state index in [0.29, 0.717) is 11.2 Å². The summed E-state index contributed by atoms with van der Waals surface area (Å²) in [6, 6.07) is 0. The monoisotopic (exact) mass is 270 g/mol. The fourth-order valence-electron chi connectivity index (χ4n) is 1.93. The predicted molar refractivity (Wildman–Crippen MR) is 56.7 cm³/mol. The summed E-state index contributed by atoms with van der Waals surface area (Å²) in [5.74, 6) is -0.937. The van der Waals surface area contributed by atoms with Crippen LogP contribution in [0.1, 0.15) is 6.23 Å². The molecule has 0 saturated carbocycles. The van der Waals surface area contributed by atoms with E-state index in [1.54, 1.807) is 0 Å². The summed E-state index contributed by atoms with van der Waals surface area (Å²) in [6.45, 7) is 0. The Morgan fingerprint density at radius 2 is 2.11 bits per heavy atom. The number of nitrogens with zero attached hydrogens (tertiary/aromatic N) is 4. The van der Waals surface area contributed by atoms with Gasteiger partial charge in [-0.15, -0.1) is 0 Å². The molecule has 9 heteroatoms. The zero-order chi connectivity index (χ0) is 13.6. The standard InChI is InChI=1S/C10H8F2N4O3/c11-8(12)7-5(17)6(18)10(19-7)16-3-15-4-1-13-2-14-9(4)16/h1-3,5-6,10,17-18H/t5-,6+,10+/m0/s1. The Labute approximate surface area is 104 Å². The van der Waals surface area contributed by atoms with Crippen LogP contribution in [0.25, 0.3) is 11.2 Å². The molecule has 0 aromatic carbocycles. The molecule has 19 heavy (non-hydrogen) atoms. The first-order valence-electron chi connectivity index (χ1n) is 5.30. The number of hydrogen-bond donors (Lipinski definition) is 2. The van der Waals surface area contributed by atoms with E-state index in [1.807, 2.05) is 0 Å². The first-order chi connectivity index (χ1) is 9.09. The van der Waals surface area contributed by atoms with E-state index in [-0.39, 0.29) is 0 Å². The first-order valence-corrected chi connectivity index (χ1v) is 5.30. The van der Waals surface area contributed by atoms with Gasteiger partial charge in [-0.2, -0.15) is 8.78 Å². The van der Waals surface area contributed by atoms with Crippen LogP contribution >= 0.6 is 0 Å². The van der Waals surface area contributed by atoms with Crippen molar-refractivity contribution in [3.05, 3.63) is 30.7 Å². The Balaban J connectivity index is 2.06. The average molecular weight is 270 g/mol. The zero-order valence-electron chi connectivity index (χ0n) is 9.31. The minimum absolute atomic E-state index is 0.312. The molecule has 0 radical (unpaired) electrons. The van der Waals surface area contributed by atoms with Gasteiger partial charge in [0.25, 0.3) is 0 Å². The molecule has 0 bridgehead atoms. The van der Waals surface area contributed by atoms with Gasteiger partial charge in [0.2, 0.25) is 6.23 Å². The third kappa shape index (κ3) is 1.74. The molecular formula is C10H8F2N4O3. The number of ether oxygens (including phenoxy) is 1. The minimum atomic E-state index is -2.17. The van der Waals surface area contributed by atoms with Crippen molar-refractivity contribution in [3.63, 3.8) is 0 Å². The first kappa shape index (κ1) is 11.9. The second-order valence-corrected chi connectivity index (χ2v) is 3.95. The molecule has 0 amide bonds. The number of imidazole rings is 1. The largest absolute Gasteiger partial charge is 0.463 e. The molecule has 3 rings (SSSR count). The van der Waals surface area contributed by atoms with E-state index in [1.165, 1.54) is 23.4 Å². The van der Waals surface area contributed by atoms with Crippen LogP contribution in [0.3, 0.4) is 0 Å². The second kappa shape index (κ2) is 4.21. The van der Waals surface area contributed by atoms with Crippen LogP contribution in [0.2, 0.25) is 0 Å². The summed E-state index contributed by atoms with van der Waals surface area (Å²) in [5.41, 5.74) is 0.734. The summed E-state index contributed by atoms with van der Waals surface area (Å²) < 4.78 is 31.2. The summed E-state index contributed by atoms with van der Waals surface area (Å²) >= 11 is 0. The predicted octanol–water partition coefficient (Wildman–Crippen LogP) is 0.185. The number of aliphatic hydroxyl groups is 2. The summed E-state index contributed by atoms with van der Waals surface area (Å²) in [5, 5.41) is 19.3. The Morgan fingerprint density at radius 3 is 2.79 bits per heavy atom. The lowest BCUT2D eigenvalue weighted by molar-refractivity contribution is -0.0124. The van der Waals surface area contributed by atoms with Gasteiger partial charge in [-0.25, -0.2) is 15.0 Å². The fourth-order valence-corrected chi connectivity index (χ4v) is 1.93. The van der Waals surface area contributed by atoms with Crippen molar-refractivity contribution in [2.75, 3.05) is 0 Å². The Hall–Kier alpha value is -2.13. The molecule has 1 aliphatic heterocycles. The molecule has 2 aromatic rings. The van der Waals surface area contributed by atoms with Crippen molar-refractivity contribution in [2.24, 2.45) is 0 Å². The highest BCUT2D eigenvalue weighted by Crippen LogP contribution is 2.35. The van der Waals surface area contributed by atoms with Gasteiger partial charge >= 0.3 is 6.08 Å². The van der Waals surface area contributed by atoms with Crippen molar-refractivity contribution >= 4 is 11.2 Å². The average Bonchev–Trinajstić information content (AvgIpc) is 2.93. The SMILES string of the molecule is O[C@@H]1[C@H](O)C(=C(F)F)O[C@H]1n1cnc2cncnc21. The van der Waals surface area contributed by atoms with Crippen molar-refractivity contribution < 1.29 is 23.7 Å². The third-order valence-electron chi connectivity index (χ3n) is 2.83. The molecule has 3 heterocycles. The number of hydrogen-bond acceptors (Lipinski definition) is 6. The number of fused-ring (bicyclic) bond motifs is 1. The molecule has 7 nitrogen and oxygen atoms in total. The van der Waals surface area contributed by atoms with E-state index in [9.17, 15) is 19.0 Å². The van der Waals surface area contributed by atoms with Crippen LogP contribution in [-0.2, 0) is 4.74 Å². The lowest BCUT2D eigenvalue weighted by atomic mass is 10.2. The summed E-state index contributed by atoms with van der Waals surface area (Å²) in [7, 11) is 0. The molecule has 0 aliphatic carbocycles. The molecule has 2 N–H and O–H groups in total. The molecule has 0 spiro atoms. The van der Waals surface area contributed by atoms with Gasteiger partial charge in [0.15, 0.2) is 11.4 Å². The fraction of sp³-hybridized carbons (Fsp3) is 0.300. The van der Waals surface area contributed by atoms with Crippen LogP contribution in [0.5, 0.6) is 0 Å². The highest BCUT2D eigenvalue weighted by molar-refractivity contribution is 5.69. The topological polar surface area (TPSA) is 93.3 Å². The molecule has 100 valence electrons. The van der Waals surface area contributed by atoms with E-state index >= 15 is 0 Å². The summed E-state index contributed by atoms with van der Waals surface area (Å²) in [4.78, 5) is 11.6. The Morgan fingerprint density at radius 1 is 1.32 bits per heavy atom. The highest BCUT2D eigenvalue weighted by Gasteiger charge is 2.44. The third-order valence-corrected chi connectivity index (χ3v) is 2.83. The molecule has 3 atom stereocenters. The molecule has 1 saturated heterocycles. The maximum Gasteiger partial charge on any atom is 0.310 e. The van der Waals surface area contributed by atoms with Crippen molar-refractivity contribution in [3.8, 4) is 0 Å². The highest BCUT2D eigenvalue weighted by atomic mass is 19.3. The Kier molecular flexibility index (Phi) is 2.64. The van der Waals surface area contributed by atoms with Crippen LogP contribution in [-0.4, -0.2) is 41.9 Å². The molecule has 1 fully saturated rings. The summed E-state index contributed by atoms with van der Waals surface area (Å²) in [6.07, 6.45) is -2.75. The van der Waals surface area contributed by atoms with Crippen LogP contribution in [0.4, 0.5) is 8.78 Å². The van der Waals surface area contributed by atoms with Gasteiger partial charge in [-0.3, -0.25) is 4.57 Å². The molecular weight excluding hydrogens is 262 g/mol. The van der Waals surface area contributed by atoms with Gasteiger partial charge in [0, 0.05) is 0 Å². The lowest BCUT2D eigenvalue weighted by Crippen LogP contribution is -2.27. The van der Waals surface area contributed by atoms with E-state index in [4.69, 9.17) is 4.74 Å². The van der Waals surface area contributed by atoms with Crippen LogP contribution < -0.4 is 0 Å². The van der Waals surface area contributed by atoms with Gasteiger partial charge in [-0.1, -0.05) is 0 Å².